The van der Waals surface area contributed by atoms with Crippen molar-refractivity contribution in [3.63, 3.8) is 0 Å². The van der Waals surface area contributed by atoms with Crippen molar-refractivity contribution >= 4 is 19.7 Å². The Hall–Kier alpha value is -1.25. The minimum absolute atomic E-state index is 0.0842. The number of nitrogens with one attached hydrogen (secondary N) is 1. The number of aliphatic hydroxyl groups excluding tert-OH is 1. The van der Waals surface area contributed by atoms with Gasteiger partial charge in [0.1, 0.15) is 12.7 Å². The number of carbonyl (C=O) groups excluding carboxylic acids is 2. The van der Waals surface area contributed by atoms with Crippen LogP contribution in [0.5, 0.6) is 0 Å². The van der Waals surface area contributed by atoms with Crippen molar-refractivity contribution in [2.75, 3.05) is 26.4 Å². The number of phosphoric ester groups is 1. The second kappa shape index (κ2) is 38.5. The van der Waals surface area contributed by atoms with E-state index in [9.17, 15) is 24.2 Å². The van der Waals surface area contributed by atoms with Crippen molar-refractivity contribution in [1.29, 1.82) is 0 Å². The van der Waals surface area contributed by atoms with E-state index in [4.69, 9.17) is 13.8 Å². The van der Waals surface area contributed by atoms with Crippen molar-refractivity contribution in [1.82, 2.24) is 5.32 Å². The second-order valence-electron chi connectivity index (χ2n) is 14.3. The quantitative estimate of drug-likeness (QED) is 0.0244. The molecule has 0 bridgehead atoms. The molecule has 0 aliphatic heterocycles. The van der Waals surface area contributed by atoms with Gasteiger partial charge in [-0.05, 0) is 38.5 Å². The van der Waals surface area contributed by atoms with E-state index in [2.05, 4.69) is 31.3 Å². The molecule has 0 heterocycles. The van der Waals surface area contributed by atoms with Gasteiger partial charge in [-0.3, -0.25) is 18.6 Å². The first kappa shape index (κ1) is 49.8. The molecule has 2 atom stereocenters. The molecule has 10 heteroatoms. The molecule has 0 fully saturated rings. The maximum absolute atomic E-state index is 12.1. The highest BCUT2D eigenvalue weighted by Crippen LogP contribution is 2.42. The minimum atomic E-state index is -4.41. The molecule has 0 rings (SSSR count). The zero-order chi connectivity index (χ0) is 37.5. The molecular formula is C41H80NO8P. The highest BCUT2D eigenvalue weighted by molar-refractivity contribution is 7.47. The van der Waals surface area contributed by atoms with Gasteiger partial charge in [0.2, 0.25) is 5.91 Å². The molecule has 0 radical (unpaired) electrons. The van der Waals surface area contributed by atoms with Gasteiger partial charge in [0.25, 0.3) is 0 Å². The van der Waals surface area contributed by atoms with Gasteiger partial charge in [0.15, 0.2) is 0 Å². The summed E-state index contributed by atoms with van der Waals surface area (Å²) in [5.74, 6) is -0.513. The fourth-order valence-corrected chi connectivity index (χ4v) is 6.72. The zero-order valence-corrected chi connectivity index (χ0v) is 34.0. The Morgan fingerprint density at radius 3 is 1.47 bits per heavy atom. The zero-order valence-electron chi connectivity index (χ0n) is 33.1. The standard InChI is InChI=1S/C41H80NO8P/c1-3-5-7-9-11-13-15-16-17-18-19-20-21-22-24-25-27-29-31-33-40(44)42-35-36-49-51(46,47)50-38-39(43)37-48-41(45)34-32-30-28-26-23-14-12-10-8-6-4-2/h16-17,39,43H,3-15,18-38H2,1-2H3,(H,42,44)(H,46,47)/b17-16+. The van der Waals surface area contributed by atoms with Crippen LogP contribution in [0.1, 0.15) is 206 Å². The molecule has 302 valence electrons. The van der Waals surface area contributed by atoms with Gasteiger partial charge >= 0.3 is 13.8 Å². The third kappa shape index (κ3) is 39.8. The molecule has 0 spiro atoms. The maximum atomic E-state index is 12.1. The summed E-state index contributed by atoms with van der Waals surface area (Å²) in [4.78, 5) is 33.8. The van der Waals surface area contributed by atoms with Gasteiger partial charge in [-0.2, -0.15) is 0 Å². The molecule has 51 heavy (non-hydrogen) atoms. The van der Waals surface area contributed by atoms with Gasteiger partial charge in [-0.25, -0.2) is 4.57 Å². The Morgan fingerprint density at radius 1 is 0.588 bits per heavy atom. The molecule has 0 saturated heterocycles. The first-order chi connectivity index (χ1) is 24.8. The number of unbranched alkanes of at least 4 members (excludes halogenated alkanes) is 25. The Balaban J connectivity index is 3.56. The summed E-state index contributed by atoms with van der Waals surface area (Å²) in [6, 6.07) is 0. The Labute approximate surface area is 313 Å². The smallest absolute Gasteiger partial charge is 0.463 e. The van der Waals surface area contributed by atoms with Crippen LogP contribution < -0.4 is 5.32 Å². The van der Waals surface area contributed by atoms with Crippen LogP contribution in [0.3, 0.4) is 0 Å². The number of rotatable bonds is 40. The van der Waals surface area contributed by atoms with E-state index in [1.54, 1.807) is 0 Å². The highest BCUT2D eigenvalue weighted by Gasteiger charge is 2.23. The number of phosphoric acid groups is 1. The van der Waals surface area contributed by atoms with Crippen LogP contribution in [0, 0.1) is 0 Å². The molecule has 0 aromatic heterocycles. The van der Waals surface area contributed by atoms with E-state index in [0.29, 0.717) is 6.42 Å². The SMILES string of the molecule is CCCCCCCC/C=C/CCCCCCCCCCCC(=O)NCCOP(=O)(O)OCC(O)COC(=O)CCCCCCCCCCCCC. The van der Waals surface area contributed by atoms with Crippen molar-refractivity contribution in [3.05, 3.63) is 12.2 Å². The third-order valence-corrected chi connectivity index (χ3v) is 10.2. The topological polar surface area (TPSA) is 131 Å². The van der Waals surface area contributed by atoms with E-state index >= 15 is 0 Å². The number of amides is 1. The van der Waals surface area contributed by atoms with E-state index < -0.39 is 26.5 Å². The van der Waals surface area contributed by atoms with E-state index in [1.165, 1.54) is 141 Å². The molecule has 1 amide bonds. The number of carbonyl (C=O) groups is 2. The van der Waals surface area contributed by atoms with Crippen LogP contribution in [-0.4, -0.2) is 54.3 Å². The average molecular weight is 746 g/mol. The Morgan fingerprint density at radius 2 is 1.00 bits per heavy atom. The number of aliphatic hydroxyl groups is 1. The van der Waals surface area contributed by atoms with Crippen LogP contribution in [0.25, 0.3) is 0 Å². The molecule has 9 nitrogen and oxygen atoms in total. The van der Waals surface area contributed by atoms with Crippen LogP contribution in [0.2, 0.25) is 0 Å². The largest absolute Gasteiger partial charge is 0.472 e. The number of allylic oxidation sites excluding steroid dienone is 2. The summed E-state index contributed by atoms with van der Waals surface area (Å²) in [5.41, 5.74) is 0. The summed E-state index contributed by atoms with van der Waals surface area (Å²) < 4.78 is 26.8. The van der Waals surface area contributed by atoms with E-state index in [0.717, 1.165) is 38.5 Å². The van der Waals surface area contributed by atoms with Crippen LogP contribution in [-0.2, 0) is 27.9 Å². The van der Waals surface area contributed by atoms with Gasteiger partial charge in [0, 0.05) is 19.4 Å². The number of hydrogen-bond donors (Lipinski definition) is 3. The third-order valence-electron chi connectivity index (χ3n) is 9.20. The minimum Gasteiger partial charge on any atom is -0.463 e. The molecule has 2 unspecified atom stereocenters. The molecule has 0 aliphatic carbocycles. The van der Waals surface area contributed by atoms with Crippen molar-refractivity contribution in [3.8, 4) is 0 Å². The number of ether oxygens (including phenoxy) is 1. The summed E-state index contributed by atoms with van der Waals surface area (Å²) >= 11 is 0. The summed E-state index contributed by atoms with van der Waals surface area (Å²) in [6.07, 6.45) is 38.6. The maximum Gasteiger partial charge on any atom is 0.472 e. The van der Waals surface area contributed by atoms with Crippen molar-refractivity contribution in [2.45, 2.75) is 213 Å². The lowest BCUT2D eigenvalue weighted by atomic mass is 10.1. The van der Waals surface area contributed by atoms with Crippen LogP contribution in [0.4, 0.5) is 0 Å². The first-order valence-electron chi connectivity index (χ1n) is 21.2. The molecular weight excluding hydrogens is 665 g/mol. The van der Waals surface area contributed by atoms with Gasteiger partial charge < -0.3 is 20.1 Å². The van der Waals surface area contributed by atoms with Gasteiger partial charge in [-0.15, -0.1) is 0 Å². The monoisotopic (exact) mass is 746 g/mol. The van der Waals surface area contributed by atoms with E-state index in [-0.39, 0.29) is 32.1 Å². The van der Waals surface area contributed by atoms with Crippen LogP contribution in [0.15, 0.2) is 12.2 Å². The average Bonchev–Trinajstić information content (AvgIpc) is 3.11. The normalized spacial score (nSPS) is 13.4. The predicted octanol–water partition coefficient (Wildman–Crippen LogP) is 11.4. The lowest BCUT2D eigenvalue weighted by Crippen LogP contribution is -2.27. The predicted molar refractivity (Wildman–Crippen MR) is 211 cm³/mol. The lowest BCUT2D eigenvalue weighted by molar-refractivity contribution is -0.147. The van der Waals surface area contributed by atoms with Gasteiger partial charge in [-0.1, -0.05) is 167 Å². The fourth-order valence-electron chi connectivity index (χ4n) is 5.96. The molecule has 3 N–H and O–H groups in total. The van der Waals surface area contributed by atoms with Crippen LogP contribution >= 0.6 is 7.82 Å². The lowest BCUT2D eigenvalue weighted by Gasteiger charge is -2.15. The molecule has 0 aromatic carbocycles. The van der Waals surface area contributed by atoms with Crippen molar-refractivity contribution < 1.29 is 37.9 Å². The van der Waals surface area contributed by atoms with Crippen molar-refractivity contribution in [2.24, 2.45) is 0 Å². The number of hydrogen-bond acceptors (Lipinski definition) is 7. The Kier molecular flexibility index (Phi) is 37.5. The summed E-state index contributed by atoms with van der Waals surface area (Å²) in [5, 5.41) is 12.7. The van der Waals surface area contributed by atoms with E-state index in [1.807, 2.05) is 0 Å². The fraction of sp³-hybridized carbons (Fsp3) is 0.902. The Bertz CT molecular complexity index is 856. The summed E-state index contributed by atoms with van der Waals surface area (Å²) in [7, 11) is -4.41. The van der Waals surface area contributed by atoms with Gasteiger partial charge in [0.05, 0.1) is 13.2 Å². The highest BCUT2D eigenvalue weighted by atomic mass is 31.2. The number of esters is 1. The molecule has 0 aliphatic rings. The second-order valence-corrected chi connectivity index (χ2v) is 15.8. The summed E-state index contributed by atoms with van der Waals surface area (Å²) in [6.45, 7) is 3.55. The molecule has 0 saturated carbocycles. The first-order valence-corrected chi connectivity index (χ1v) is 22.7. The molecule has 0 aromatic rings.